The van der Waals surface area contributed by atoms with Crippen molar-refractivity contribution < 1.29 is 13.2 Å². The fraction of sp³-hybridized carbons (Fsp3) is 0.500. The molecule has 1 N–H and O–H groups in total. The fourth-order valence-corrected chi connectivity index (χ4v) is 5.35. The second-order valence-electron chi connectivity index (χ2n) is 9.28. The molecule has 0 saturated carbocycles. The summed E-state index contributed by atoms with van der Waals surface area (Å²) < 4.78 is 26.0. The van der Waals surface area contributed by atoms with E-state index in [0.717, 1.165) is 30.1 Å². The van der Waals surface area contributed by atoms with Crippen LogP contribution in [0.15, 0.2) is 48.5 Å². The largest absolute Gasteiger partial charge is 0.372 e. The first-order valence-electron chi connectivity index (χ1n) is 11.8. The van der Waals surface area contributed by atoms with Crippen LogP contribution in [0.4, 0.5) is 11.4 Å². The molecule has 2 aromatic rings. The van der Waals surface area contributed by atoms with E-state index < -0.39 is 10.0 Å². The van der Waals surface area contributed by atoms with Crippen LogP contribution in [0.1, 0.15) is 56.7 Å². The van der Waals surface area contributed by atoms with Gasteiger partial charge in [0, 0.05) is 31.7 Å². The minimum absolute atomic E-state index is 0.0742. The number of benzene rings is 2. The Morgan fingerprint density at radius 1 is 1.12 bits per heavy atom. The molecular weight excluding hydrogens is 434 g/mol. The molecule has 1 atom stereocenters. The Hall–Kier alpha value is -2.54. The smallest absolute Gasteiger partial charge is 0.232 e. The summed E-state index contributed by atoms with van der Waals surface area (Å²) in [6, 6.07) is 15.7. The number of sulfonamides is 1. The molecule has 7 heteroatoms. The number of carbonyl (C=O) groups excluding carboxylic acids is 1. The van der Waals surface area contributed by atoms with Gasteiger partial charge >= 0.3 is 0 Å². The van der Waals surface area contributed by atoms with Gasteiger partial charge in [0.1, 0.15) is 0 Å². The van der Waals surface area contributed by atoms with E-state index in [4.69, 9.17) is 0 Å². The summed E-state index contributed by atoms with van der Waals surface area (Å²) in [5.74, 6) is 0.729. The number of anilines is 2. The molecule has 1 aliphatic rings. The first kappa shape index (κ1) is 25.1. The van der Waals surface area contributed by atoms with E-state index >= 15 is 0 Å². The third kappa shape index (κ3) is 6.97. The average molecular weight is 472 g/mol. The second-order valence-corrected chi connectivity index (χ2v) is 11.2. The Morgan fingerprint density at radius 3 is 2.36 bits per heavy atom. The molecule has 1 amide bonds. The highest BCUT2D eigenvalue weighted by atomic mass is 32.2. The van der Waals surface area contributed by atoms with Crippen molar-refractivity contribution in [1.29, 1.82) is 0 Å². The number of carbonyl (C=O) groups is 1. The highest BCUT2D eigenvalue weighted by Crippen LogP contribution is 2.25. The van der Waals surface area contributed by atoms with Crippen molar-refractivity contribution >= 4 is 27.3 Å². The predicted octanol–water partition coefficient (Wildman–Crippen LogP) is 4.65. The molecule has 6 nitrogen and oxygen atoms in total. The van der Waals surface area contributed by atoms with Crippen LogP contribution in [0.3, 0.4) is 0 Å². The van der Waals surface area contributed by atoms with E-state index in [1.165, 1.54) is 29.1 Å². The summed E-state index contributed by atoms with van der Waals surface area (Å²) in [5.41, 5.74) is 3.86. The van der Waals surface area contributed by atoms with Gasteiger partial charge in [-0.05, 0) is 68.4 Å². The number of amides is 1. The molecule has 1 saturated heterocycles. The van der Waals surface area contributed by atoms with Crippen molar-refractivity contribution in [2.75, 3.05) is 35.1 Å². The lowest BCUT2D eigenvalue weighted by Gasteiger charge is -2.32. The van der Waals surface area contributed by atoms with E-state index in [2.05, 4.69) is 41.4 Å². The SMILES string of the molecule is Cc1ccccc1N(CCCC(=O)N[C@H](C)c1ccc(N2CCC(C)CC2)cc1)S(C)(=O)=O. The van der Waals surface area contributed by atoms with Crippen LogP contribution in [0.5, 0.6) is 0 Å². The highest BCUT2D eigenvalue weighted by Gasteiger charge is 2.20. The topological polar surface area (TPSA) is 69.7 Å². The van der Waals surface area contributed by atoms with Crippen LogP contribution in [-0.2, 0) is 14.8 Å². The van der Waals surface area contributed by atoms with E-state index in [-0.39, 0.29) is 24.9 Å². The van der Waals surface area contributed by atoms with Gasteiger partial charge in [-0.2, -0.15) is 0 Å². The molecule has 0 spiro atoms. The van der Waals surface area contributed by atoms with Crippen molar-refractivity contribution in [2.24, 2.45) is 5.92 Å². The Labute approximate surface area is 199 Å². The molecule has 3 rings (SSSR count). The van der Waals surface area contributed by atoms with E-state index in [9.17, 15) is 13.2 Å². The number of hydrogen-bond acceptors (Lipinski definition) is 4. The van der Waals surface area contributed by atoms with Gasteiger partial charge in [-0.1, -0.05) is 37.3 Å². The fourth-order valence-electron chi connectivity index (χ4n) is 4.33. The lowest BCUT2D eigenvalue weighted by molar-refractivity contribution is -0.121. The number of nitrogens with zero attached hydrogens (tertiary/aromatic N) is 2. The molecule has 1 heterocycles. The molecule has 1 aliphatic heterocycles. The molecule has 0 bridgehead atoms. The zero-order valence-corrected chi connectivity index (χ0v) is 21.1. The normalized spacial score (nSPS) is 15.8. The highest BCUT2D eigenvalue weighted by molar-refractivity contribution is 7.92. The summed E-state index contributed by atoms with van der Waals surface area (Å²) >= 11 is 0. The Bertz CT molecular complexity index is 1030. The third-order valence-electron chi connectivity index (χ3n) is 6.47. The first-order valence-corrected chi connectivity index (χ1v) is 13.7. The van der Waals surface area contributed by atoms with Crippen molar-refractivity contribution in [3.63, 3.8) is 0 Å². The lowest BCUT2D eigenvalue weighted by Crippen LogP contribution is -2.33. The summed E-state index contributed by atoms with van der Waals surface area (Å²) in [5, 5.41) is 3.04. The van der Waals surface area contributed by atoms with Gasteiger partial charge in [0.05, 0.1) is 18.0 Å². The number of para-hydroxylation sites is 1. The number of nitrogens with one attached hydrogen (secondary N) is 1. The Morgan fingerprint density at radius 2 is 1.76 bits per heavy atom. The second kappa shape index (κ2) is 11.1. The number of rotatable bonds is 9. The van der Waals surface area contributed by atoms with E-state index in [0.29, 0.717) is 12.1 Å². The van der Waals surface area contributed by atoms with Gasteiger partial charge in [-0.25, -0.2) is 8.42 Å². The number of aryl methyl sites for hydroxylation is 1. The molecular formula is C26H37N3O3S. The van der Waals surface area contributed by atoms with Crippen molar-refractivity contribution in [3.05, 3.63) is 59.7 Å². The van der Waals surface area contributed by atoms with Crippen molar-refractivity contribution in [1.82, 2.24) is 5.32 Å². The standard InChI is InChI=1S/C26H37N3O3S/c1-20-15-18-28(19-16-20)24-13-11-23(12-14-24)22(3)27-26(30)10-7-17-29(33(4,31)32)25-9-6-5-8-21(25)2/h5-6,8-9,11-14,20,22H,7,10,15-19H2,1-4H3,(H,27,30)/t22-/m1/s1. The average Bonchev–Trinajstić information content (AvgIpc) is 2.77. The maximum absolute atomic E-state index is 12.5. The Kier molecular flexibility index (Phi) is 8.40. The van der Waals surface area contributed by atoms with Gasteiger partial charge in [0.25, 0.3) is 0 Å². The molecule has 1 fully saturated rings. The van der Waals surface area contributed by atoms with Crippen molar-refractivity contribution in [3.8, 4) is 0 Å². The van der Waals surface area contributed by atoms with Gasteiger partial charge in [0.15, 0.2) is 0 Å². The summed E-state index contributed by atoms with van der Waals surface area (Å²) in [7, 11) is -3.42. The molecule has 180 valence electrons. The van der Waals surface area contributed by atoms with E-state index in [1.807, 2.05) is 32.0 Å². The lowest BCUT2D eigenvalue weighted by atomic mass is 9.98. The van der Waals surface area contributed by atoms with Crippen LogP contribution in [-0.4, -0.2) is 40.2 Å². The van der Waals surface area contributed by atoms with Crippen LogP contribution in [0, 0.1) is 12.8 Å². The van der Waals surface area contributed by atoms with Crippen LogP contribution in [0.25, 0.3) is 0 Å². The Balaban J connectivity index is 1.51. The monoisotopic (exact) mass is 471 g/mol. The number of hydrogen-bond donors (Lipinski definition) is 1. The summed E-state index contributed by atoms with van der Waals surface area (Å²) in [4.78, 5) is 14.9. The molecule has 0 aromatic heterocycles. The quantitative estimate of drug-likeness (QED) is 0.578. The molecule has 0 aliphatic carbocycles. The third-order valence-corrected chi connectivity index (χ3v) is 7.65. The van der Waals surface area contributed by atoms with Gasteiger partial charge in [-0.3, -0.25) is 9.10 Å². The van der Waals surface area contributed by atoms with Crippen LogP contribution in [0.2, 0.25) is 0 Å². The maximum Gasteiger partial charge on any atom is 0.232 e. The zero-order valence-electron chi connectivity index (χ0n) is 20.3. The number of piperidine rings is 1. The summed E-state index contributed by atoms with van der Waals surface area (Å²) in [6.45, 7) is 8.64. The minimum atomic E-state index is -3.42. The molecule has 33 heavy (non-hydrogen) atoms. The zero-order chi connectivity index (χ0) is 24.0. The first-order chi connectivity index (χ1) is 15.6. The van der Waals surface area contributed by atoms with Gasteiger partial charge in [-0.15, -0.1) is 0 Å². The van der Waals surface area contributed by atoms with Crippen molar-refractivity contribution in [2.45, 2.75) is 52.5 Å². The molecule has 0 radical (unpaired) electrons. The minimum Gasteiger partial charge on any atom is -0.372 e. The van der Waals surface area contributed by atoms with E-state index in [1.54, 1.807) is 6.07 Å². The molecule has 2 aromatic carbocycles. The van der Waals surface area contributed by atoms with Gasteiger partial charge < -0.3 is 10.2 Å². The van der Waals surface area contributed by atoms with Crippen LogP contribution >= 0.6 is 0 Å². The predicted molar refractivity (Wildman–Crippen MR) is 136 cm³/mol. The summed E-state index contributed by atoms with van der Waals surface area (Å²) in [6.07, 6.45) is 4.39. The van der Waals surface area contributed by atoms with Crippen LogP contribution < -0.4 is 14.5 Å². The molecule has 0 unspecified atom stereocenters. The van der Waals surface area contributed by atoms with Gasteiger partial charge in [0.2, 0.25) is 15.9 Å². The maximum atomic E-state index is 12.5.